The van der Waals surface area contributed by atoms with Gasteiger partial charge in [0.15, 0.2) is 0 Å². The van der Waals surface area contributed by atoms with Crippen molar-refractivity contribution in [2.24, 2.45) is 5.73 Å². The molecule has 1 atom stereocenters. The Bertz CT molecular complexity index is 364. The number of ether oxygens (including phenoxy) is 1. The van der Waals surface area contributed by atoms with Crippen molar-refractivity contribution in [3.05, 3.63) is 29.8 Å². The van der Waals surface area contributed by atoms with E-state index in [1.807, 2.05) is 19.1 Å². The third-order valence-electron chi connectivity index (χ3n) is 3.39. The molecular weight excluding hydrogens is 226 g/mol. The van der Waals surface area contributed by atoms with Gasteiger partial charge in [-0.3, -0.25) is 4.90 Å². The van der Waals surface area contributed by atoms with E-state index >= 15 is 0 Å². The Morgan fingerprint density at radius 2 is 2.06 bits per heavy atom. The summed E-state index contributed by atoms with van der Waals surface area (Å²) in [4.78, 5) is 2.44. The highest BCUT2D eigenvalue weighted by Gasteiger charge is 2.23. The van der Waals surface area contributed by atoms with E-state index in [2.05, 4.69) is 22.3 Å². The topological polar surface area (TPSA) is 50.5 Å². The molecule has 0 amide bonds. The van der Waals surface area contributed by atoms with Gasteiger partial charge in [-0.2, -0.15) is 0 Å². The van der Waals surface area contributed by atoms with Gasteiger partial charge in [0.1, 0.15) is 5.75 Å². The summed E-state index contributed by atoms with van der Waals surface area (Å²) >= 11 is 0. The number of nitrogens with one attached hydrogen (secondary N) is 1. The first-order valence-electron chi connectivity index (χ1n) is 6.73. The molecule has 1 fully saturated rings. The minimum absolute atomic E-state index is 0.259. The van der Waals surface area contributed by atoms with E-state index in [-0.39, 0.29) is 6.04 Å². The fourth-order valence-electron chi connectivity index (χ4n) is 2.51. The van der Waals surface area contributed by atoms with E-state index in [0.717, 1.165) is 31.9 Å². The molecule has 1 aromatic carbocycles. The van der Waals surface area contributed by atoms with Crippen molar-refractivity contribution in [2.75, 3.05) is 39.3 Å². The number of rotatable bonds is 5. The number of piperazine rings is 1. The van der Waals surface area contributed by atoms with Gasteiger partial charge in [-0.1, -0.05) is 18.2 Å². The van der Waals surface area contributed by atoms with Crippen LogP contribution in [0.4, 0.5) is 0 Å². The van der Waals surface area contributed by atoms with Crippen LogP contribution in [-0.4, -0.2) is 44.2 Å². The largest absolute Gasteiger partial charge is 0.494 e. The Balaban J connectivity index is 2.20. The first-order valence-corrected chi connectivity index (χ1v) is 6.73. The number of hydrogen-bond donors (Lipinski definition) is 2. The van der Waals surface area contributed by atoms with Crippen molar-refractivity contribution in [2.45, 2.75) is 13.0 Å². The molecule has 2 rings (SSSR count). The van der Waals surface area contributed by atoms with Crippen molar-refractivity contribution >= 4 is 0 Å². The van der Waals surface area contributed by atoms with Crippen molar-refractivity contribution in [1.82, 2.24) is 10.2 Å². The zero-order chi connectivity index (χ0) is 12.8. The van der Waals surface area contributed by atoms with Gasteiger partial charge in [-0.25, -0.2) is 0 Å². The third-order valence-corrected chi connectivity index (χ3v) is 3.39. The molecule has 1 unspecified atom stereocenters. The molecule has 1 aromatic rings. The fourth-order valence-corrected chi connectivity index (χ4v) is 2.51. The summed E-state index contributed by atoms with van der Waals surface area (Å²) < 4.78 is 5.71. The van der Waals surface area contributed by atoms with E-state index in [4.69, 9.17) is 10.5 Å². The minimum atomic E-state index is 0.259. The van der Waals surface area contributed by atoms with Crippen molar-refractivity contribution in [1.29, 1.82) is 0 Å². The molecule has 4 heteroatoms. The number of benzene rings is 1. The molecule has 4 nitrogen and oxygen atoms in total. The minimum Gasteiger partial charge on any atom is -0.494 e. The summed E-state index contributed by atoms with van der Waals surface area (Å²) in [6.45, 7) is 7.49. The Labute approximate surface area is 109 Å². The molecule has 1 aliphatic rings. The van der Waals surface area contributed by atoms with Crippen molar-refractivity contribution < 1.29 is 4.74 Å². The first-order chi connectivity index (χ1) is 8.86. The average molecular weight is 249 g/mol. The van der Waals surface area contributed by atoms with Crippen LogP contribution in [0, 0.1) is 0 Å². The quantitative estimate of drug-likeness (QED) is 0.817. The van der Waals surface area contributed by atoms with Gasteiger partial charge < -0.3 is 15.8 Å². The number of nitrogens with two attached hydrogens (primary N) is 1. The second-order valence-electron chi connectivity index (χ2n) is 4.51. The van der Waals surface area contributed by atoms with Crippen LogP contribution in [0.15, 0.2) is 24.3 Å². The zero-order valence-corrected chi connectivity index (χ0v) is 11.1. The van der Waals surface area contributed by atoms with E-state index in [9.17, 15) is 0 Å². The number of nitrogens with zero attached hydrogens (tertiary/aromatic N) is 1. The Morgan fingerprint density at radius 3 is 2.72 bits per heavy atom. The lowest BCUT2D eigenvalue weighted by Crippen LogP contribution is -2.47. The molecule has 3 N–H and O–H groups in total. The molecule has 1 heterocycles. The lowest BCUT2D eigenvalue weighted by Gasteiger charge is -2.35. The van der Waals surface area contributed by atoms with Crippen LogP contribution in [0.1, 0.15) is 18.5 Å². The third kappa shape index (κ3) is 3.02. The molecule has 0 saturated carbocycles. The lowest BCUT2D eigenvalue weighted by molar-refractivity contribution is 0.174. The highest BCUT2D eigenvalue weighted by atomic mass is 16.5. The Morgan fingerprint density at radius 1 is 1.33 bits per heavy atom. The van der Waals surface area contributed by atoms with E-state index in [0.29, 0.717) is 13.2 Å². The second-order valence-corrected chi connectivity index (χ2v) is 4.51. The van der Waals surface area contributed by atoms with Gasteiger partial charge in [-0.15, -0.1) is 0 Å². The van der Waals surface area contributed by atoms with Crippen molar-refractivity contribution in [3.8, 4) is 5.75 Å². The second kappa shape index (κ2) is 6.73. The highest BCUT2D eigenvalue weighted by molar-refractivity contribution is 5.36. The summed E-state index contributed by atoms with van der Waals surface area (Å²) in [5.74, 6) is 0.967. The number of hydrogen-bond acceptors (Lipinski definition) is 4. The van der Waals surface area contributed by atoms with Crippen LogP contribution >= 0.6 is 0 Å². The van der Waals surface area contributed by atoms with Crippen LogP contribution in [-0.2, 0) is 0 Å². The monoisotopic (exact) mass is 249 g/mol. The van der Waals surface area contributed by atoms with Gasteiger partial charge in [0, 0.05) is 38.3 Å². The Hall–Kier alpha value is -1.10. The van der Waals surface area contributed by atoms with Crippen LogP contribution in [0.5, 0.6) is 5.75 Å². The summed E-state index contributed by atoms with van der Waals surface area (Å²) in [7, 11) is 0. The summed E-state index contributed by atoms with van der Waals surface area (Å²) in [5.41, 5.74) is 7.19. The predicted molar refractivity (Wildman–Crippen MR) is 73.8 cm³/mol. The van der Waals surface area contributed by atoms with Gasteiger partial charge >= 0.3 is 0 Å². The smallest absolute Gasteiger partial charge is 0.124 e. The molecule has 0 spiro atoms. The van der Waals surface area contributed by atoms with Gasteiger partial charge in [0.25, 0.3) is 0 Å². The maximum Gasteiger partial charge on any atom is 0.124 e. The zero-order valence-electron chi connectivity index (χ0n) is 11.1. The molecule has 0 radical (unpaired) electrons. The molecule has 18 heavy (non-hydrogen) atoms. The Kier molecular flexibility index (Phi) is 4.99. The molecular formula is C14H23N3O. The summed E-state index contributed by atoms with van der Waals surface area (Å²) in [6.07, 6.45) is 0. The van der Waals surface area contributed by atoms with Crippen LogP contribution in [0.3, 0.4) is 0 Å². The maximum absolute atomic E-state index is 5.98. The molecule has 100 valence electrons. The van der Waals surface area contributed by atoms with Gasteiger partial charge in [0.05, 0.1) is 12.6 Å². The standard InChI is InChI=1S/C14H23N3O/c1-2-18-14-6-4-3-5-12(14)13(11-15)17-9-7-16-8-10-17/h3-6,13,16H,2,7-11,15H2,1H3. The maximum atomic E-state index is 5.98. The van der Waals surface area contributed by atoms with E-state index in [1.54, 1.807) is 0 Å². The van der Waals surface area contributed by atoms with Crippen LogP contribution in [0.2, 0.25) is 0 Å². The average Bonchev–Trinajstić information content (AvgIpc) is 2.43. The summed E-state index contributed by atoms with van der Waals surface area (Å²) in [5, 5.41) is 3.37. The number of para-hydroxylation sites is 1. The molecule has 0 aliphatic carbocycles. The predicted octanol–water partition coefficient (Wildman–Crippen LogP) is 0.990. The van der Waals surface area contributed by atoms with Crippen molar-refractivity contribution in [3.63, 3.8) is 0 Å². The van der Waals surface area contributed by atoms with Crippen LogP contribution < -0.4 is 15.8 Å². The normalized spacial score (nSPS) is 18.6. The first kappa shape index (κ1) is 13.3. The molecule has 0 bridgehead atoms. The molecule has 1 saturated heterocycles. The molecule has 1 aliphatic heterocycles. The highest BCUT2D eigenvalue weighted by Crippen LogP contribution is 2.28. The van der Waals surface area contributed by atoms with Gasteiger partial charge in [-0.05, 0) is 13.0 Å². The SMILES string of the molecule is CCOc1ccccc1C(CN)N1CCNCC1. The molecule has 0 aromatic heterocycles. The van der Waals surface area contributed by atoms with Gasteiger partial charge in [0.2, 0.25) is 0 Å². The summed E-state index contributed by atoms with van der Waals surface area (Å²) in [6, 6.07) is 8.49. The fraction of sp³-hybridized carbons (Fsp3) is 0.571. The van der Waals surface area contributed by atoms with E-state index < -0.39 is 0 Å². The van der Waals surface area contributed by atoms with Crippen LogP contribution in [0.25, 0.3) is 0 Å². The lowest BCUT2D eigenvalue weighted by atomic mass is 10.0. The van der Waals surface area contributed by atoms with E-state index in [1.165, 1.54) is 5.56 Å².